The van der Waals surface area contributed by atoms with Gasteiger partial charge in [0.1, 0.15) is 0 Å². The second kappa shape index (κ2) is 9.41. The van der Waals surface area contributed by atoms with Crippen molar-refractivity contribution in [2.75, 3.05) is 13.1 Å². The van der Waals surface area contributed by atoms with Crippen LogP contribution in [0.15, 0.2) is 29.2 Å². The highest BCUT2D eigenvalue weighted by Gasteiger charge is 2.34. The van der Waals surface area contributed by atoms with E-state index >= 15 is 0 Å². The molecule has 1 heterocycles. The first-order chi connectivity index (χ1) is 13.2. The maximum absolute atomic E-state index is 12.6. The van der Waals surface area contributed by atoms with Gasteiger partial charge in [-0.1, -0.05) is 58.9 Å². The Hall–Kier alpha value is -2.08. The minimum Gasteiger partial charge on any atom is -0.354 e. The van der Waals surface area contributed by atoms with Crippen molar-refractivity contribution in [1.82, 2.24) is 10.2 Å². The van der Waals surface area contributed by atoms with Gasteiger partial charge in [-0.3, -0.25) is 19.3 Å². The third-order valence-electron chi connectivity index (χ3n) is 4.94. The van der Waals surface area contributed by atoms with E-state index < -0.39 is 0 Å². The summed E-state index contributed by atoms with van der Waals surface area (Å²) in [5, 5.41) is 2.53. The third kappa shape index (κ3) is 5.47. The molecule has 6 heteroatoms. The summed E-state index contributed by atoms with van der Waals surface area (Å²) >= 11 is 0.946. The van der Waals surface area contributed by atoms with Crippen LogP contribution in [0, 0.1) is 5.92 Å². The Balaban J connectivity index is 1.99. The minimum absolute atomic E-state index is 0.0218. The van der Waals surface area contributed by atoms with Gasteiger partial charge < -0.3 is 5.32 Å². The number of carbonyl (C=O) groups is 3. The summed E-state index contributed by atoms with van der Waals surface area (Å²) in [6.45, 7) is 10.9. The predicted octanol–water partition coefficient (Wildman–Crippen LogP) is 4.57. The first-order valence-corrected chi connectivity index (χ1v) is 10.6. The van der Waals surface area contributed by atoms with Crippen LogP contribution in [0.25, 0.3) is 6.08 Å². The fourth-order valence-electron chi connectivity index (χ4n) is 3.02. The van der Waals surface area contributed by atoms with Gasteiger partial charge in [-0.05, 0) is 47.2 Å². The second-order valence-electron chi connectivity index (χ2n) is 8.01. The van der Waals surface area contributed by atoms with E-state index in [0.717, 1.165) is 30.2 Å². The van der Waals surface area contributed by atoms with E-state index in [-0.39, 0.29) is 41.5 Å². The van der Waals surface area contributed by atoms with E-state index in [9.17, 15) is 14.4 Å². The number of hydrogen-bond acceptors (Lipinski definition) is 4. The Labute approximate surface area is 171 Å². The molecular formula is C22H30N2O3S. The van der Waals surface area contributed by atoms with Gasteiger partial charge in [0, 0.05) is 19.0 Å². The lowest BCUT2D eigenvalue weighted by molar-refractivity contribution is -0.126. The topological polar surface area (TPSA) is 66.5 Å². The summed E-state index contributed by atoms with van der Waals surface area (Å²) in [5.74, 6) is -0.344. The number of carbonyl (C=O) groups excluding carboxylic acids is 3. The molecule has 3 amide bonds. The van der Waals surface area contributed by atoms with Crippen molar-refractivity contribution in [1.29, 1.82) is 0 Å². The molecule has 1 fully saturated rings. The van der Waals surface area contributed by atoms with Crippen molar-refractivity contribution in [2.45, 2.75) is 52.9 Å². The standard InChI is InChI=1S/C22H30N2O3S/c1-6-16(7-2)19(25)23-12-13-24-20(26)18(28-21(24)27)14-15-8-10-17(11-9-15)22(3,4)5/h8-11,14,16H,6-7,12-13H2,1-5H3,(H,23,25)/b18-14+. The maximum atomic E-state index is 12.6. The van der Waals surface area contributed by atoms with E-state index in [4.69, 9.17) is 0 Å². The number of nitrogens with one attached hydrogen (secondary N) is 1. The van der Waals surface area contributed by atoms with Crippen molar-refractivity contribution in [3.63, 3.8) is 0 Å². The molecule has 0 saturated carbocycles. The Morgan fingerprint density at radius 3 is 2.29 bits per heavy atom. The molecule has 0 aliphatic carbocycles. The number of amides is 3. The molecular weight excluding hydrogens is 372 g/mol. The van der Waals surface area contributed by atoms with Crippen LogP contribution in [0.1, 0.15) is 58.6 Å². The third-order valence-corrected chi connectivity index (χ3v) is 5.85. The first-order valence-electron chi connectivity index (χ1n) is 9.81. The van der Waals surface area contributed by atoms with Crippen LogP contribution in [0.5, 0.6) is 0 Å². The number of imide groups is 1. The van der Waals surface area contributed by atoms with Gasteiger partial charge >= 0.3 is 0 Å². The van der Waals surface area contributed by atoms with Crippen molar-refractivity contribution >= 4 is 34.9 Å². The van der Waals surface area contributed by atoms with Crippen molar-refractivity contribution < 1.29 is 14.4 Å². The van der Waals surface area contributed by atoms with E-state index in [2.05, 4.69) is 26.1 Å². The zero-order valence-corrected chi connectivity index (χ0v) is 18.2. The van der Waals surface area contributed by atoms with Gasteiger partial charge in [-0.15, -0.1) is 0 Å². The van der Waals surface area contributed by atoms with Crippen molar-refractivity contribution in [2.24, 2.45) is 5.92 Å². The molecule has 1 N–H and O–H groups in total. The lowest BCUT2D eigenvalue weighted by Crippen LogP contribution is -2.39. The fourth-order valence-corrected chi connectivity index (χ4v) is 3.88. The van der Waals surface area contributed by atoms with Crippen LogP contribution < -0.4 is 5.32 Å². The molecule has 5 nitrogen and oxygen atoms in total. The predicted molar refractivity (Wildman–Crippen MR) is 115 cm³/mol. The number of benzene rings is 1. The van der Waals surface area contributed by atoms with Crippen molar-refractivity contribution in [3.05, 3.63) is 40.3 Å². The van der Waals surface area contributed by atoms with Crippen LogP contribution in [0.4, 0.5) is 4.79 Å². The lowest BCUT2D eigenvalue weighted by atomic mass is 9.87. The highest BCUT2D eigenvalue weighted by atomic mass is 32.2. The molecule has 152 valence electrons. The summed E-state index contributed by atoms with van der Waals surface area (Å²) < 4.78 is 0. The van der Waals surface area contributed by atoms with Crippen LogP contribution in [-0.2, 0) is 15.0 Å². The Morgan fingerprint density at radius 1 is 1.14 bits per heavy atom. The molecule has 1 aliphatic rings. The smallest absolute Gasteiger partial charge is 0.293 e. The van der Waals surface area contributed by atoms with Crippen LogP contribution in [-0.4, -0.2) is 35.0 Å². The van der Waals surface area contributed by atoms with Gasteiger partial charge in [0.2, 0.25) is 5.91 Å². The molecule has 28 heavy (non-hydrogen) atoms. The minimum atomic E-state index is -0.299. The Morgan fingerprint density at radius 2 is 1.75 bits per heavy atom. The summed E-state index contributed by atoms with van der Waals surface area (Å²) in [4.78, 5) is 38.4. The number of hydrogen-bond donors (Lipinski definition) is 1. The van der Waals surface area contributed by atoms with E-state index in [1.54, 1.807) is 6.08 Å². The Bertz CT molecular complexity index is 759. The Kier molecular flexibility index (Phi) is 7.47. The molecule has 1 aliphatic heterocycles. The maximum Gasteiger partial charge on any atom is 0.293 e. The first kappa shape index (κ1) is 22.2. The molecule has 1 aromatic rings. The largest absolute Gasteiger partial charge is 0.354 e. The average molecular weight is 403 g/mol. The van der Waals surface area contributed by atoms with Crippen LogP contribution in [0.2, 0.25) is 0 Å². The summed E-state index contributed by atoms with van der Waals surface area (Å²) in [6.07, 6.45) is 3.31. The molecule has 0 unspecified atom stereocenters. The molecule has 0 bridgehead atoms. The lowest BCUT2D eigenvalue weighted by Gasteiger charge is -2.18. The molecule has 1 aromatic carbocycles. The molecule has 0 spiro atoms. The van der Waals surface area contributed by atoms with Crippen molar-refractivity contribution in [3.8, 4) is 0 Å². The quantitative estimate of drug-likeness (QED) is 0.678. The summed E-state index contributed by atoms with van der Waals surface area (Å²) in [6, 6.07) is 8.02. The number of thioether (sulfide) groups is 1. The van der Waals surface area contributed by atoms with E-state index in [1.165, 1.54) is 10.5 Å². The molecule has 2 rings (SSSR count). The molecule has 0 aromatic heterocycles. The summed E-state index contributed by atoms with van der Waals surface area (Å²) in [5.41, 5.74) is 2.17. The number of rotatable bonds is 7. The van der Waals surface area contributed by atoms with Gasteiger partial charge in [0.25, 0.3) is 11.1 Å². The average Bonchev–Trinajstić information content (AvgIpc) is 2.90. The van der Waals surface area contributed by atoms with Gasteiger partial charge in [-0.2, -0.15) is 0 Å². The van der Waals surface area contributed by atoms with Gasteiger partial charge in [0.05, 0.1) is 4.91 Å². The number of nitrogens with zero attached hydrogens (tertiary/aromatic N) is 1. The van der Waals surface area contributed by atoms with Crippen LogP contribution >= 0.6 is 11.8 Å². The normalized spacial score (nSPS) is 16.4. The summed E-state index contributed by atoms with van der Waals surface area (Å²) in [7, 11) is 0. The molecule has 0 radical (unpaired) electrons. The van der Waals surface area contributed by atoms with Crippen LogP contribution in [0.3, 0.4) is 0 Å². The van der Waals surface area contributed by atoms with Gasteiger partial charge in [-0.25, -0.2) is 0 Å². The zero-order valence-electron chi connectivity index (χ0n) is 17.4. The molecule has 0 atom stereocenters. The highest BCUT2D eigenvalue weighted by Crippen LogP contribution is 2.32. The zero-order chi connectivity index (χ0) is 20.9. The second-order valence-corrected chi connectivity index (χ2v) is 9.00. The molecule has 1 saturated heterocycles. The van der Waals surface area contributed by atoms with E-state index in [0.29, 0.717) is 4.91 Å². The van der Waals surface area contributed by atoms with Gasteiger partial charge in [0.15, 0.2) is 0 Å². The SMILES string of the molecule is CCC(CC)C(=O)NCCN1C(=O)S/C(=C/c2ccc(C(C)(C)C)cc2)C1=O. The van der Waals surface area contributed by atoms with E-state index in [1.807, 2.05) is 38.1 Å². The monoisotopic (exact) mass is 402 g/mol. The fraction of sp³-hybridized carbons (Fsp3) is 0.500. The highest BCUT2D eigenvalue weighted by molar-refractivity contribution is 8.18.